The molecule has 1 saturated carbocycles. The number of amides is 1. The fraction of sp³-hybridized carbons (Fsp3) is 0.600. The van der Waals surface area contributed by atoms with E-state index in [2.05, 4.69) is 4.90 Å². The van der Waals surface area contributed by atoms with E-state index in [1.807, 2.05) is 35.2 Å². The topological polar surface area (TPSA) is 60.9 Å². The molecule has 0 unspecified atom stereocenters. The van der Waals surface area contributed by atoms with Crippen molar-refractivity contribution in [1.82, 2.24) is 4.90 Å². The van der Waals surface area contributed by atoms with Gasteiger partial charge in [0.2, 0.25) is 5.91 Å². The van der Waals surface area contributed by atoms with Crippen LogP contribution in [0.5, 0.6) is 0 Å². The van der Waals surface area contributed by atoms with Crippen LogP contribution in [-0.2, 0) is 9.59 Å². The first kappa shape index (κ1) is 20.7. The van der Waals surface area contributed by atoms with Crippen molar-refractivity contribution >= 4 is 30.0 Å². The van der Waals surface area contributed by atoms with E-state index in [1.165, 1.54) is 19.3 Å². The average molecular weight is 381 g/mol. The van der Waals surface area contributed by atoms with E-state index >= 15 is 0 Å². The molecule has 0 radical (unpaired) electrons. The summed E-state index contributed by atoms with van der Waals surface area (Å²) in [7, 11) is 0. The van der Waals surface area contributed by atoms with Crippen LogP contribution in [0, 0.1) is 5.92 Å². The summed E-state index contributed by atoms with van der Waals surface area (Å²) in [5.74, 6) is -0.819. The Bertz CT molecular complexity index is 582. The number of carboxylic acids is 1. The number of hydrogen-bond acceptors (Lipinski definition) is 3. The first-order valence-corrected chi connectivity index (χ1v) is 9.47. The van der Waals surface area contributed by atoms with Gasteiger partial charge in [-0.3, -0.25) is 14.5 Å². The molecule has 1 amide bonds. The van der Waals surface area contributed by atoms with Crippen LogP contribution in [-0.4, -0.2) is 47.6 Å². The quantitative estimate of drug-likeness (QED) is 0.848. The van der Waals surface area contributed by atoms with E-state index in [0.717, 1.165) is 18.5 Å². The predicted molar refractivity (Wildman–Crippen MR) is 105 cm³/mol. The molecule has 1 aromatic rings. The Morgan fingerprint density at radius 1 is 1.00 bits per heavy atom. The molecule has 0 bridgehead atoms. The zero-order valence-electron chi connectivity index (χ0n) is 15.2. The molecular formula is C20H29ClN2O3. The molecule has 3 rings (SSSR count). The normalized spacial score (nSPS) is 19.5. The number of piperidine rings is 1. The van der Waals surface area contributed by atoms with Crippen LogP contribution >= 0.6 is 12.4 Å². The molecule has 1 aliphatic carbocycles. The Balaban J connectivity index is 0.00000243. The number of para-hydroxylation sites is 1. The lowest BCUT2D eigenvalue weighted by atomic mass is 9.93. The molecule has 0 atom stereocenters. The Morgan fingerprint density at radius 3 is 2.19 bits per heavy atom. The van der Waals surface area contributed by atoms with Crippen LogP contribution in [0.3, 0.4) is 0 Å². The highest BCUT2D eigenvalue weighted by Gasteiger charge is 2.30. The second kappa shape index (κ2) is 9.93. The number of carboxylic acid groups (broad SMARTS) is 1. The third-order valence-electron chi connectivity index (χ3n) is 5.54. The van der Waals surface area contributed by atoms with Crippen molar-refractivity contribution in [2.45, 2.75) is 51.0 Å². The number of rotatable bonds is 5. The van der Waals surface area contributed by atoms with Gasteiger partial charge >= 0.3 is 5.97 Å². The highest BCUT2D eigenvalue weighted by molar-refractivity contribution is 5.95. The number of nitrogens with zero attached hydrogens (tertiary/aromatic N) is 2. The van der Waals surface area contributed by atoms with Crippen molar-refractivity contribution in [3.8, 4) is 0 Å². The van der Waals surface area contributed by atoms with Crippen LogP contribution in [0.2, 0.25) is 0 Å². The SMILES string of the molecule is Cl.O=C(O)C1CCN(CC(=O)N(c2ccccc2)C2CCCCC2)CC1. The first-order valence-electron chi connectivity index (χ1n) is 9.47. The summed E-state index contributed by atoms with van der Waals surface area (Å²) < 4.78 is 0. The number of benzene rings is 1. The minimum Gasteiger partial charge on any atom is -0.481 e. The lowest BCUT2D eigenvalue weighted by molar-refractivity contribution is -0.143. The fourth-order valence-corrected chi connectivity index (χ4v) is 4.09. The maximum atomic E-state index is 13.1. The highest BCUT2D eigenvalue weighted by atomic mass is 35.5. The van der Waals surface area contributed by atoms with Gasteiger partial charge in [0.05, 0.1) is 12.5 Å². The monoisotopic (exact) mass is 380 g/mol. The molecule has 1 aromatic carbocycles. The molecule has 2 aliphatic rings. The van der Waals surface area contributed by atoms with Crippen LogP contribution in [0.15, 0.2) is 30.3 Å². The van der Waals surface area contributed by atoms with Crippen LogP contribution in [0.25, 0.3) is 0 Å². The number of carbonyl (C=O) groups is 2. The third-order valence-corrected chi connectivity index (χ3v) is 5.54. The second-order valence-electron chi connectivity index (χ2n) is 7.28. The minimum atomic E-state index is -0.709. The number of aliphatic carboxylic acids is 1. The van der Waals surface area contributed by atoms with Crippen molar-refractivity contribution in [1.29, 1.82) is 0 Å². The molecule has 1 saturated heterocycles. The average Bonchev–Trinajstić information content (AvgIpc) is 2.64. The number of carbonyl (C=O) groups excluding carboxylic acids is 1. The van der Waals surface area contributed by atoms with Crippen LogP contribution < -0.4 is 4.90 Å². The van der Waals surface area contributed by atoms with Crippen LogP contribution in [0.1, 0.15) is 44.9 Å². The van der Waals surface area contributed by atoms with Crippen LogP contribution in [0.4, 0.5) is 5.69 Å². The highest BCUT2D eigenvalue weighted by Crippen LogP contribution is 2.28. The molecule has 0 spiro atoms. The Labute approximate surface area is 161 Å². The van der Waals surface area contributed by atoms with Gasteiger partial charge in [-0.2, -0.15) is 0 Å². The summed E-state index contributed by atoms with van der Waals surface area (Å²) in [6.45, 7) is 1.77. The van der Waals surface area contributed by atoms with Gasteiger partial charge in [-0.05, 0) is 50.9 Å². The summed E-state index contributed by atoms with van der Waals surface area (Å²) >= 11 is 0. The Morgan fingerprint density at radius 2 is 1.62 bits per heavy atom. The van der Waals surface area contributed by atoms with E-state index in [4.69, 9.17) is 5.11 Å². The van der Waals surface area contributed by atoms with Crippen molar-refractivity contribution in [2.24, 2.45) is 5.92 Å². The van der Waals surface area contributed by atoms with Crippen molar-refractivity contribution in [2.75, 3.05) is 24.5 Å². The number of anilines is 1. The summed E-state index contributed by atoms with van der Waals surface area (Å²) in [5.41, 5.74) is 0.986. The molecule has 1 N–H and O–H groups in total. The van der Waals surface area contributed by atoms with E-state index in [-0.39, 0.29) is 24.2 Å². The van der Waals surface area contributed by atoms with Gasteiger partial charge in [-0.15, -0.1) is 12.4 Å². The summed E-state index contributed by atoms with van der Waals surface area (Å²) in [5, 5.41) is 9.12. The van der Waals surface area contributed by atoms with Gasteiger partial charge in [-0.1, -0.05) is 37.5 Å². The molecule has 5 nitrogen and oxygen atoms in total. The van der Waals surface area contributed by atoms with Crippen molar-refractivity contribution in [3.05, 3.63) is 30.3 Å². The second-order valence-corrected chi connectivity index (χ2v) is 7.28. The van der Waals surface area contributed by atoms with Gasteiger partial charge in [0, 0.05) is 11.7 Å². The predicted octanol–water partition coefficient (Wildman–Crippen LogP) is 3.57. The largest absolute Gasteiger partial charge is 0.481 e. The maximum absolute atomic E-state index is 13.1. The van der Waals surface area contributed by atoms with E-state index < -0.39 is 5.97 Å². The van der Waals surface area contributed by atoms with Gasteiger partial charge in [0.15, 0.2) is 0 Å². The van der Waals surface area contributed by atoms with Crippen molar-refractivity contribution < 1.29 is 14.7 Å². The van der Waals surface area contributed by atoms with Crippen molar-refractivity contribution in [3.63, 3.8) is 0 Å². The van der Waals surface area contributed by atoms with E-state index in [0.29, 0.717) is 38.5 Å². The molecule has 2 fully saturated rings. The molecule has 144 valence electrons. The number of likely N-dealkylation sites (tertiary alicyclic amines) is 1. The van der Waals surface area contributed by atoms with Gasteiger partial charge in [-0.25, -0.2) is 0 Å². The molecule has 26 heavy (non-hydrogen) atoms. The van der Waals surface area contributed by atoms with E-state index in [1.54, 1.807) is 0 Å². The van der Waals surface area contributed by atoms with E-state index in [9.17, 15) is 9.59 Å². The number of halogens is 1. The smallest absolute Gasteiger partial charge is 0.306 e. The Hall–Kier alpha value is -1.59. The summed E-state index contributed by atoms with van der Waals surface area (Å²) in [6, 6.07) is 10.3. The summed E-state index contributed by atoms with van der Waals surface area (Å²) in [6.07, 6.45) is 7.05. The minimum absolute atomic E-state index is 0. The number of hydrogen-bond donors (Lipinski definition) is 1. The maximum Gasteiger partial charge on any atom is 0.306 e. The molecule has 6 heteroatoms. The van der Waals surface area contributed by atoms with Gasteiger partial charge in [0.1, 0.15) is 0 Å². The third kappa shape index (κ3) is 5.21. The first-order chi connectivity index (χ1) is 12.1. The van der Waals surface area contributed by atoms with Gasteiger partial charge < -0.3 is 10.0 Å². The lowest BCUT2D eigenvalue weighted by Gasteiger charge is -2.37. The molecule has 1 heterocycles. The fourth-order valence-electron chi connectivity index (χ4n) is 4.09. The Kier molecular flexibility index (Phi) is 7.91. The van der Waals surface area contributed by atoms with Gasteiger partial charge in [0.25, 0.3) is 0 Å². The zero-order valence-corrected chi connectivity index (χ0v) is 16.0. The molecule has 1 aliphatic heterocycles. The summed E-state index contributed by atoms with van der Waals surface area (Å²) in [4.78, 5) is 28.3. The zero-order chi connectivity index (χ0) is 17.6. The lowest BCUT2D eigenvalue weighted by Crippen LogP contribution is -2.48. The molecule has 0 aromatic heterocycles. The standard InChI is InChI=1S/C20H28N2O3.ClH/c23-19(15-21-13-11-16(12-14-21)20(24)25)22(17-7-3-1-4-8-17)18-9-5-2-6-10-18;/h1,3-4,7-8,16,18H,2,5-6,9-15H2,(H,24,25);1H. The molecular weight excluding hydrogens is 352 g/mol.